The maximum Gasteiger partial charge on any atom is 0.219 e. The lowest BCUT2D eigenvalue weighted by molar-refractivity contribution is 0.603. The summed E-state index contributed by atoms with van der Waals surface area (Å²) in [5.74, 6) is 0.538. The number of anilines is 1. The van der Waals surface area contributed by atoms with Crippen LogP contribution < -0.4 is 5.32 Å². The fraction of sp³-hybridized carbons (Fsp3) is 0.192. The zero-order chi connectivity index (χ0) is 23.3. The lowest BCUT2D eigenvalue weighted by atomic mass is 10.1. The van der Waals surface area contributed by atoms with Crippen LogP contribution in [0.4, 0.5) is 5.69 Å². The van der Waals surface area contributed by atoms with Gasteiger partial charge in [-0.25, -0.2) is 8.42 Å². The second kappa shape index (κ2) is 10.1. The molecule has 0 aliphatic carbocycles. The first kappa shape index (κ1) is 23.6. The summed E-state index contributed by atoms with van der Waals surface area (Å²) in [7, 11) is -3.98. The van der Waals surface area contributed by atoms with Gasteiger partial charge < -0.3 is 5.32 Å². The number of rotatable bonds is 7. The summed E-state index contributed by atoms with van der Waals surface area (Å²) < 4.78 is 26.7. The van der Waals surface area contributed by atoms with Gasteiger partial charge in [0.2, 0.25) is 9.84 Å². The number of sulfone groups is 1. The number of nitrogens with zero attached hydrogens (tertiary/aromatic N) is 1. The van der Waals surface area contributed by atoms with Crippen molar-refractivity contribution in [2.75, 3.05) is 5.32 Å². The first-order chi connectivity index (χ1) is 15.2. The van der Waals surface area contributed by atoms with Crippen molar-refractivity contribution in [1.82, 2.24) is 0 Å². The minimum absolute atomic E-state index is 0.102. The molecule has 3 aromatic rings. The van der Waals surface area contributed by atoms with Crippen LogP contribution in [0.3, 0.4) is 0 Å². The summed E-state index contributed by atoms with van der Waals surface area (Å²) in [6.45, 7) is 7.98. The van der Waals surface area contributed by atoms with E-state index in [2.05, 4.69) is 23.5 Å². The van der Waals surface area contributed by atoms with E-state index in [0.717, 1.165) is 33.5 Å². The van der Waals surface area contributed by atoms with Crippen molar-refractivity contribution in [2.45, 2.75) is 38.3 Å². The Morgan fingerprint density at radius 3 is 2.19 bits per heavy atom. The topological polar surface area (TPSA) is 70.0 Å². The monoisotopic (exact) mass is 462 g/mol. The number of aryl methyl sites for hydroxylation is 4. The number of para-hydroxylation sites is 1. The molecule has 0 amide bonds. The van der Waals surface area contributed by atoms with Crippen LogP contribution in [-0.2, 0) is 15.6 Å². The van der Waals surface area contributed by atoms with Gasteiger partial charge in [-0.05, 0) is 62.1 Å². The van der Waals surface area contributed by atoms with Crippen molar-refractivity contribution in [1.29, 1.82) is 5.26 Å². The highest BCUT2D eigenvalue weighted by Gasteiger charge is 2.26. The summed E-state index contributed by atoms with van der Waals surface area (Å²) >= 11 is 1.33. The number of thioether (sulfide) groups is 1. The summed E-state index contributed by atoms with van der Waals surface area (Å²) in [6, 6.07) is 22.1. The van der Waals surface area contributed by atoms with Crippen molar-refractivity contribution in [2.24, 2.45) is 0 Å². The van der Waals surface area contributed by atoms with E-state index in [1.807, 2.05) is 52.0 Å². The van der Waals surface area contributed by atoms with Crippen LogP contribution in [0.5, 0.6) is 0 Å². The molecule has 164 valence electrons. The summed E-state index contributed by atoms with van der Waals surface area (Å²) in [4.78, 5) is -0.175. The van der Waals surface area contributed by atoms with Crippen LogP contribution in [0.15, 0.2) is 81.6 Å². The van der Waals surface area contributed by atoms with Gasteiger partial charge in [0, 0.05) is 11.4 Å². The molecule has 0 spiro atoms. The molecule has 32 heavy (non-hydrogen) atoms. The third-order valence-corrected chi connectivity index (χ3v) is 8.13. The zero-order valence-electron chi connectivity index (χ0n) is 18.6. The molecular weight excluding hydrogens is 436 g/mol. The molecule has 4 nitrogen and oxygen atoms in total. The molecule has 0 saturated heterocycles. The van der Waals surface area contributed by atoms with Gasteiger partial charge in [-0.15, -0.1) is 11.8 Å². The van der Waals surface area contributed by atoms with Crippen LogP contribution in [0, 0.1) is 39.0 Å². The molecule has 0 fully saturated rings. The van der Waals surface area contributed by atoms with Gasteiger partial charge in [0.15, 0.2) is 4.91 Å². The first-order valence-electron chi connectivity index (χ1n) is 10.2. The smallest absolute Gasteiger partial charge is 0.219 e. The molecule has 0 heterocycles. The van der Waals surface area contributed by atoms with Gasteiger partial charge >= 0.3 is 0 Å². The van der Waals surface area contributed by atoms with E-state index >= 15 is 0 Å². The van der Waals surface area contributed by atoms with Crippen molar-refractivity contribution < 1.29 is 8.42 Å². The molecule has 0 saturated carbocycles. The number of hydrogen-bond donors (Lipinski definition) is 1. The molecule has 6 heteroatoms. The van der Waals surface area contributed by atoms with Gasteiger partial charge in [0.1, 0.15) is 11.1 Å². The highest BCUT2D eigenvalue weighted by atomic mass is 32.2. The van der Waals surface area contributed by atoms with Crippen LogP contribution in [0.2, 0.25) is 0 Å². The Hall–Kier alpha value is -3.01. The molecule has 3 aromatic carbocycles. The number of nitriles is 1. The van der Waals surface area contributed by atoms with E-state index in [9.17, 15) is 13.7 Å². The number of hydrogen-bond acceptors (Lipinski definition) is 5. The Labute approximate surface area is 194 Å². The Balaban J connectivity index is 2.12. The van der Waals surface area contributed by atoms with Crippen molar-refractivity contribution in [3.63, 3.8) is 0 Å². The minimum atomic E-state index is -3.98. The third-order valence-electron chi connectivity index (χ3n) is 5.23. The predicted octanol–water partition coefficient (Wildman–Crippen LogP) is 6.43. The van der Waals surface area contributed by atoms with Crippen LogP contribution >= 0.6 is 11.8 Å². The van der Waals surface area contributed by atoms with Crippen molar-refractivity contribution >= 4 is 27.3 Å². The normalized spacial score (nSPS) is 12.1. The summed E-state index contributed by atoms with van der Waals surface area (Å²) in [6.07, 6.45) is 0. The van der Waals surface area contributed by atoms with Crippen LogP contribution in [0.1, 0.15) is 27.8 Å². The second-order valence-electron chi connectivity index (χ2n) is 7.70. The van der Waals surface area contributed by atoms with Gasteiger partial charge in [-0.2, -0.15) is 5.26 Å². The maximum atomic E-state index is 13.4. The largest absolute Gasteiger partial charge is 0.348 e. The number of nitrogens with one attached hydrogen (secondary N) is 1. The summed E-state index contributed by atoms with van der Waals surface area (Å²) in [5.41, 5.74) is 6.13. The highest BCUT2D eigenvalue weighted by Crippen LogP contribution is 2.33. The number of allylic oxidation sites excluding steroid dienone is 1. The molecule has 0 unspecified atom stereocenters. The Morgan fingerprint density at radius 1 is 0.906 bits per heavy atom. The van der Waals surface area contributed by atoms with Gasteiger partial charge in [-0.1, -0.05) is 60.2 Å². The average molecular weight is 463 g/mol. The minimum Gasteiger partial charge on any atom is -0.348 e. The highest BCUT2D eigenvalue weighted by molar-refractivity contribution is 8.04. The molecule has 0 aliphatic heterocycles. The van der Waals surface area contributed by atoms with E-state index in [4.69, 9.17) is 0 Å². The molecule has 0 bridgehead atoms. The fourth-order valence-electron chi connectivity index (χ4n) is 3.34. The van der Waals surface area contributed by atoms with E-state index < -0.39 is 9.84 Å². The van der Waals surface area contributed by atoms with E-state index in [0.29, 0.717) is 10.8 Å². The van der Waals surface area contributed by atoms with Gasteiger partial charge in [0.05, 0.1) is 4.90 Å². The van der Waals surface area contributed by atoms with E-state index in [1.165, 1.54) is 23.9 Å². The predicted molar refractivity (Wildman–Crippen MR) is 133 cm³/mol. The Bertz CT molecular complexity index is 1290. The van der Waals surface area contributed by atoms with Crippen molar-refractivity contribution in [3.05, 3.63) is 104 Å². The number of benzene rings is 3. The van der Waals surface area contributed by atoms with Gasteiger partial charge in [-0.3, -0.25) is 0 Å². The fourth-order valence-corrected chi connectivity index (χ4v) is 5.97. The van der Waals surface area contributed by atoms with Gasteiger partial charge in [0.25, 0.3) is 0 Å². The Morgan fingerprint density at radius 2 is 1.56 bits per heavy atom. The van der Waals surface area contributed by atoms with E-state index in [1.54, 1.807) is 18.2 Å². The molecule has 1 N–H and O–H groups in total. The summed E-state index contributed by atoms with van der Waals surface area (Å²) in [5, 5.41) is 13.6. The molecule has 0 aliphatic rings. The third kappa shape index (κ3) is 5.24. The lowest BCUT2D eigenvalue weighted by Crippen LogP contribution is -2.11. The molecule has 0 radical (unpaired) electrons. The standard InChI is InChI=1S/C26H26N2O2S2/c1-18-13-14-19(2)22(15-18)17-31-26(28-25-20(3)9-8-10-21(25)4)24(16-27)32(29,30)23-11-6-5-7-12-23/h5-15,28H,17H2,1-4H3/b26-24+. The second-order valence-corrected chi connectivity index (χ2v) is 10.6. The average Bonchev–Trinajstić information content (AvgIpc) is 2.77. The van der Waals surface area contributed by atoms with Crippen LogP contribution in [-0.4, -0.2) is 8.42 Å². The van der Waals surface area contributed by atoms with Crippen LogP contribution in [0.25, 0.3) is 0 Å². The SMILES string of the molecule is Cc1ccc(C)c(CS/C(Nc2c(C)cccc2C)=C(\C#N)S(=O)(=O)c2ccccc2)c1. The molecular formula is C26H26N2O2S2. The lowest BCUT2D eigenvalue weighted by Gasteiger charge is -2.18. The molecule has 3 rings (SSSR count). The molecule has 0 atom stereocenters. The zero-order valence-corrected chi connectivity index (χ0v) is 20.3. The van der Waals surface area contributed by atoms with Crippen molar-refractivity contribution in [3.8, 4) is 6.07 Å². The quantitative estimate of drug-likeness (QED) is 0.410. The molecule has 0 aromatic heterocycles. The maximum absolute atomic E-state index is 13.4. The Kier molecular flexibility index (Phi) is 7.44. The van der Waals surface area contributed by atoms with E-state index in [-0.39, 0.29) is 9.80 Å². The first-order valence-corrected chi connectivity index (χ1v) is 12.7.